The monoisotopic (exact) mass is 286 g/mol. The highest BCUT2D eigenvalue weighted by Crippen LogP contribution is 2.28. The number of aryl methyl sites for hydroxylation is 1. The molecule has 3 atom stereocenters. The highest BCUT2D eigenvalue weighted by molar-refractivity contribution is 5.20. The topological polar surface area (TPSA) is 114 Å². The molecule has 1 fully saturated rings. The molecule has 1 aromatic rings. The summed E-state index contributed by atoms with van der Waals surface area (Å²) in [7, 11) is 0. The fourth-order valence-electron chi connectivity index (χ4n) is 2.10. The molecule has 1 aliphatic heterocycles. The molecule has 2 rings (SSSR count). The van der Waals surface area contributed by atoms with Crippen molar-refractivity contribution in [1.82, 2.24) is 9.55 Å². The first-order chi connectivity index (χ1) is 9.56. The molecule has 0 saturated carbocycles. The molecule has 8 nitrogen and oxygen atoms in total. The van der Waals surface area contributed by atoms with Gasteiger partial charge in [-0.3, -0.25) is 4.57 Å². The third kappa shape index (κ3) is 2.98. The van der Waals surface area contributed by atoms with Crippen LogP contribution < -0.4 is 10.4 Å². The smallest absolute Gasteiger partial charge is 0.352 e. The Bertz CT molecular complexity index is 517. The van der Waals surface area contributed by atoms with Crippen LogP contribution in [-0.4, -0.2) is 56.9 Å². The third-order valence-electron chi connectivity index (χ3n) is 3.11. The summed E-state index contributed by atoms with van der Waals surface area (Å²) in [4.78, 5) is 15.7. The van der Waals surface area contributed by atoms with E-state index in [0.29, 0.717) is 5.56 Å². The molecule has 20 heavy (non-hydrogen) atoms. The zero-order valence-corrected chi connectivity index (χ0v) is 11.1. The number of nitrogens with zero attached hydrogens (tertiary/aromatic N) is 2. The van der Waals surface area contributed by atoms with E-state index < -0.39 is 24.1 Å². The van der Waals surface area contributed by atoms with Gasteiger partial charge in [0.05, 0.1) is 19.3 Å². The van der Waals surface area contributed by atoms with Gasteiger partial charge in [0.2, 0.25) is 5.88 Å². The van der Waals surface area contributed by atoms with Gasteiger partial charge in [-0.1, -0.05) is 0 Å². The van der Waals surface area contributed by atoms with Crippen molar-refractivity contribution in [2.24, 2.45) is 0 Å². The van der Waals surface area contributed by atoms with Crippen molar-refractivity contribution in [2.75, 3.05) is 19.8 Å². The summed E-state index contributed by atoms with van der Waals surface area (Å²) in [5.74, 6) is 0.164. The highest BCUT2D eigenvalue weighted by atomic mass is 16.5. The quantitative estimate of drug-likeness (QED) is 0.607. The lowest BCUT2D eigenvalue weighted by molar-refractivity contribution is -0.0460. The number of hydrogen-bond donors (Lipinski definition) is 3. The minimum absolute atomic E-state index is 0.0581. The maximum absolute atomic E-state index is 11.9. The average Bonchev–Trinajstić information content (AvgIpc) is 2.80. The standard InChI is InChI=1S/C12H18N2O6/c1-7-5-14(10-4-8(17)9(6-16)20-10)12(18)13-11(7)19-3-2-15/h5,8-10,15-17H,2-4,6H2,1H3/t8-,9+,10+/m0/s1. The van der Waals surface area contributed by atoms with E-state index in [1.807, 2.05) is 0 Å². The molecule has 2 heterocycles. The fourth-order valence-corrected chi connectivity index (χ4v) is 2.10. The first kappa shape index (κ1) is 14.9. The lowest BCUT2D eigenvalue weighted by Crippen LogP contribution is -2.28. The van der Waals surface area contributed by atoms with E-state index in [9.17, 15) is 9.90 Å². The van der Waals surface area contributed by atoms with Crippen molar-refractivity contribution in [3.8, 4) is 5.88 Å². The van der Waals surface area contributed by atoms with Crippen molar-refractivity contribution < 1.29 is 24.8 Å². The van der Waals surface area contributed by atoms with Crippen LogP contribution in [0.3, 0.4) is 0 Å². The Labute approximate surface area is 115 Å². The van der Waals surface area contributed by atoms with Crippen LogP contribution in [0.1, 0.15) is 18.2 Å². The third-order valence-corrected chi connectivity index (χ3v) is 3.11. The lowest BCUT2D eigenvalue weighted by Gasteiger charge is -2.16. The predicted molar refractivity (Wildman–Crippen MR) is 67.4 cm³/mol. The Kier molecular flexibility index (Phi) is 4.71. The Hall–Kier alpha value is -1.48. The second-order valence-corrected chi connectivity index (χ2v) is 4.61. The normalized spacial score (nSPS) is 25.9. The van der Waals surface area contributed by atoms with Crippen LogP contribution in [0.15, 0.2) is 11.0 Å². The molecule has 0 aromatic carbocycles. The number of aliphatic hydroxyl groups is 3. The summed E-state index contributed by atoms with van der Waals surface area (Å²) in [5.41, 5.74) is 0.0444. The maximum atomic E-state index is 11.9. The molecule has 0 unspecified atom stereocenters. The molecule has 112 valence electrons. The molecular weight excluding hydrogens is 268 g/mol. The molecule has 0 amide bonds. The zero-order chi connectivity index (χ0) is 14.7. The number of aromatic nitrogens is 2. The van der Waals surface area contributed by atoms with Crippen molar-refractivity contribution >= 4 is 0 Å². The van der Waals surface area contributed by atoms with Crippen molar-refractivity contribution in [3.63, 3.8) is 0 Å². The first-order valence-corrected chi connectivity index (χ1v) is 6.34. The van der Waals surface area contributed by atoms with Crippen LogP contribution in [0.2, 0.25) is 0 Å². The van der Waals surface area contributed by atoms with Gasteiger partial charge in [-0.25, -0.2) is 4.79 Å². The molecule has 0 bridgehead atoms. The van der Waals surface area contributed by atoms with Gasteiger partial charge < -0.3 is 24.8 Å². The van der Waals surface area contributed by atoms with E-state index in [1.54, 1.807) is 6.92 Å². The predicted octanol–water partition coefficient (Wildman–Crippen LogP) is -1.44. The number of rotatable bonds is 5. The van der Waals surface area contributed by atoms with Gasteiger partial charge in [0.25, 0.3) is 0 Å². The van der Waals surface area contributed by atoms with E-state index in [-0.39, 0.29) is 32.1 Å². The number of hydrogen-bond acceptors (Lipinski definition) is 7. The minimum atomic E-state index is -0.817. The maximum Gasteiger partial charge on any atom is 0.352 e. The second-order valence-electron chi connectivity index (χ2n) is 4.61. The van der Waals surface area contributed by atoms with Crippen LogP contribution in [0.25, 0.3) is 0 Å². The van der Waals surface area contributed by atoms with Gasteiger partial charge in [-0.15, -0.1) is 0 Å². The van der Waals surface area contributed by atoms with E-state index in [0.717, 1.165) is 0 Å². The van der Waals surface area contributed by atoms with Crippen LogP contribution in [-0.2, 0) is 4.74 Å². The molecule has 0 radical (unpaired) electrons. The molecule has 8 heteroatoms. The van der Waals surface area contributed by atoms with Gasteiger partial charge in [-0.05, 0) is 6.92 Å². The first-order valence-electron chi connectivity index (χ1n) is 6.34. The Morgan fingerprint density at radius 2 is 2.30 bits per heavy atom. The summed E-state index contributed by atoms with van der Waals surface area (Å²) < 4.78 is 11.8. The molecule has 0 aliphatic carbocycles. The summed E-state index contributed by atoms with van der Waals surface area (Å²) in [6, 6.07) is 0. The van der Waals surface area contributed by atoms with E-state index >= 15 is 0 Å². The highest BCUT2D eigenvalue weighted by Gasteiger charge is 2.35. The van der Waals surface area contributed by atoms with E-state index in [1.165, 1.54) is 10.8 Å². The van der Waals surface area contributed by atoms with Crippen molar-refractivity contribution in [1.29, 1.82) is 0 Å². The Balaban J connectivity index is 2.21. The van der Waals surface area contributed by atoms with Crippen molar-refractivity contribution in [3.05, 3.63) is 22.2 Å². The van der Waals surface area contributed by atoms with Gasteiger partial charge in [0.15, 0.2) is 0 Å². The summed E-state index contributed by atoms with van der Waals surface area (Å²) >= 11 is 0. The molecule has 0 spiro atoms. The van der Waals surface area contributed by atoms with Gasteiger partial charge in [-0.2, -0.15) is 4.98 Å². The minimum Gasteiger partial charge on any atom is -0.475 e. The van der Waals surface area contributed by atoms with Gasteiger partial charge in [0.1, 0.15) is 18.9 Å². The molecule has 1 aromatic heterocycles. The molecule has 3 N–H and O–H groups in total. The fraction of sp³-hybridized carbons (Fsp3) is 0.667. The summed E-state index contributed by atoms with van der Waals surface area (Å²) in [6.07, 6.45) is -0.435. The Morgan fingerprint density at radius 1 is 1.55 bits per heavy atom. The van der Waals surface area contributed by atoms with E-state index in [2.05, 4.69) is 4.98 Å². The molecule has 1 aliphatic rings. The summed E-state index contributed by atoms with van der Waals surface area (Å²) in [5, 5.41) is 27.4. The Morgan fingerprint density at radius 3 is 2.90 bits per heavy atom. The summed E-state index contributed by atoms with van der Waals surface area (Å²) in [6.45, 7) is 1.30. The van der Waals surface area contributed by atoms with Crippen LogP contribution in [0.4, 0.5) is 0 Å². The van der Waals surface area contributed by atoms with Crippen molar-refractivity contribution in [2.45, 2.75) is 31.8 Å². The lowest BCUT2D eigenvalue weighted by atomic mass is 10.2. The van der Waals surface area contributed by atoms with Crippen LogP contribution >= 0.6 is 0 Å². The largest absolute Gasteiger partial charge is 0.475 e. The SMILES string of the molecule is Cc1cn([C@H]2C[C@H](O)[C@@H](CO)O2)c(=O)nc1OCCO. The average molecular weight is 286 g/mol. The molecular formula is C12H18N2O6. The van der Waals surface area contributed by atoms with Gasteiger partial charge >= 0.3 is 5.69 Å². The van der Waals surface area contributed by atoms with Crippen LogP contribution in [0.5, 0.6) is 5.88 Å². The van der Waals surface area contributed by atoms with Crippen LogP contribution in [0, 0.1) is 6.92 Å². The number of aliphatic hydroxyl groups excluding tert-OH is 3. The van der Waals surface area contributed by atoms with Gasteiger partial charge in [0, 0.05) is 18.2 Å². The zero-order valence-electron chi connectivity index (χ0n) is 11.1. The second kappa shape index (κ2) is 6.31. The van der Waals surface area contributed by atoms with E-state index in [4.69, 9.17) is 19.7 Å². The number of ether oxygens (including phenoxy) is 2. The molecule has 1 saturated heterocycles.